The Bertz CT molecular complexity index is 328. The molecule has 0 radical (unpaired) electrons. The SMILES string of the molecule is C=C(CC)CN[C@H](C)c1cccc(C)c1. The highest BCUT2D eigenvalue weighted by Gasteiger charge is 2.04. The molecule has 1 N–H and O–H groups in total. The number of nitrogens with one attached hydrogen (secondary N) is 1. The van der Waals surface area contributed by atoms with E-state index in [9.17, 15) is 0 Å². The van der Waals surface area contributed by atoms with Gasteiger partial charge in [-0.2, -0.15) is 0 Å². The Morgan fingerprint density at radius 1 is 1.47 bits per heavy atom. The molecule has 0 aliphatic rings. The zero-order valence-electron chi connectivity index (χ0n) is 10.0. The lowest BCUT2D eigenvalue weighted by Crippen LogP contribution is -2.20. The zero-order valence-corrected chi connectivity index (χ0v) is 10.0. The van der Waals surface area contributed by atoms with Crippen LogP contribution in [0.2, 0.25) is 0 Å². The van der Waals surface area contributed by atoms with E-state index in [0.29, 0.717) is 6.04 Å². The molecule has 1 aromatic rings. The van der Waals surface area contributed by atoms with E-state index in [2.05, 4.69) is 56.9 Å². The Morgan fingerprint density at radius 2 is 2.20 bits per heavy atom. The van der Waals surface area contributed by atoms with Gasteiger partial charge in [-0.05, 0) is 25.8 Å². The molecule has 1 rings (SSSR count). The van der Waals surface area contributed by atoms with Gasteiger partial charge in [-0.25, -0.2) is 0 Å². The number of rotatable bonds is 5. The minimum Gasteiger partial charge on any atom is -0.306 e. The average Bonchev–Trinajstić information content (AvgIpc) is 2.25. The minimum atomic E-state index is 0.396. The van der Waals surface area contributed by atoms with Crippen molar-refractivity contribution in [1.82, 2.24) is 5.32 Å². The molecule has 1 nitrogen and oxygen atoms in total. The molecular weight excluding hydrogens is 182 g/mol. The second-order valence-corrected chi connectivity index (χ2v) is 4.12. The van der Waals surface area contributed by atoms with Crippen molar-refractivity contribution < 1.29 is 0 Å². The van der Waals surface area contributed by atoms with E-state index >= 15 is 0 Å². The van der Waals surface area contributed by atoms with Crippen LogP contribution >= 0.6 is 0 Å². The van der Waals surface area contributed by atoms with Gasteiger partial charge in [0.2, 0.25) is 0 Å². The van der Waals surface area contributed by atoms with Crippen molar-refractivity contribution in [3.63, 3.8) is 0 Å². The summed E-state index contributed by atoms with van der Waals surface area (Å²) in [6, 6.07) is 9.03. The number of benzene rings is 1. The predicted octanol–water partition coefficient (Wildman–Crippen LogP) is 3.61. The van der Waals surface area contributed by atoms with E-state index in [-0.39, 0.29) is 0 Å². The Labute approximate surface area is 93.2 Å². The van der Waals surface area contributed by atoms with E-state index in [4.69, 9.17) is 0 Å². The molecule has 0 aliphatic heterocycles. The van der Waals surface area contributed by atoms with Crippen molar-refractivity contribution in [2.45, 2.75) is 33.2 Å². The van der Waals surface area contributed by atoms with Crippen molar-refractivity contribution in [2.24, 2.45) is 0 Å². The van der Waals surface area contributed by atoms with E-state index in [0.717, 1.165) is 13.0 Å². The third kappa shape index (κ3) is 3.88. The smallest absolute Gasteiger partial charge is 0.0294 e. The van der Waals surface area contributed by atoms with E-state index < -0.39 is 0 Å². The molecule has 15 heavy (non-hydrogen) atoms. The Hall–Kier alpha value is -1.08. The van der Waals surface area contributed by atoms with Gasteiger partial charge < -0.3 is 5.32 Å². The molecular formula is C14H21N. The fourth-order valence-corrected chi connectivity index (χ4v) is 1.48. The molecule has 0 aromatic heterocycles. The van der Waals surface area contributed by atoms with Gasteiger partial charge in [0.15, 0.2) is 0 Å². The van der Waals surface area contributed by atoms with Crippen LogP contribution < -0.4 is 5.32 Å². The molecule has 0 amide bonds. The van der Waals surface area contributed by atoms with Crippen LogP contribution in [-0.4, -0.2) is 6.54 Å². The van der Waals surface area contributed by atoms with Crippen LogP contribution in [0.5, 0.6) is 0 Å². The quantitative estimate of drug-likeness (QED) is 0.721. The van der Waals surface area contributed by atoms with Crippen LogP contribution in [0, 0.1) is 6.92 Å². The molecule has 1 heteroatoms. The summed E-state index contributed by atoms with van der Waals surface area (Å²) in [4.78, 5) is 0. The lowest BCUT2D eigenvalue weighted by atomic mass is 10.1. The van der Waals surface area contributed by atoms with Crippen molar-refractivity contribution in [1.29, 1.82) is 0 Å². The molecule has 0 saturated carbocycles. The molecule has 1 aromatic carbocycles. The van der Waals surface area contributed by atoms with Gasteiger partial charge in [-0.1, -0.05) is 48.9 Å². The van der Waals surface area contributed by atoms with Crippen LogP contribution in [-0.2, 0) is 0 Å². The maximum atomic E-state index is 3.99. The third-order valence-corrected chi connectivity index (χ3v) is 2.70. The molecule has 1 atom stereocenters. The molecule has 0 spiro atoms. The molecule has 0 bridgehead atoms. The highest BCUT2D eigenvalue weighted by atomic mass is 14.9. The maximum absolute atomic E-state index is 3.99. The lowest BCUT2D eigenvalue weighted by molar-refractivity contribution is 0.601. The van der Waals surface area contributed by atoms with Crippen LogP contribution in [0.4, 0.5) is 0 Å². The number of aryl methyl sites for hydroxylation is 1. The van der Waals surface area contributed by atoms with Crippen LogP contribution in [0.3, 0.4) is 0 Å². The zero-order chi connectivity index (χ0) is 11.3. The first-order chi connectivity index (χ1) is 7.13. The first kappa shape index (κ1) is 12.0. The predicted molar refractivity (Wildman–Crippen MR) is 67.0 cm³/mol. The monoisotopic (exact) mass is 203 g/mol. The molecule has 0 unspecified atom stereocenters. The molecule has 0 saturated heterocycles. The lowest BCUT2D eigenvalue weighted by Gasteiger charge is -2.15. The fourth-order valence-electron chi connectivity index (χ4n) is 1.48. The topological polar surface area (TPSA) is 12.0 Å². The van der Waals surface area contributed by atoms with Gasteiger partial charge >= 0.3 is 0 Å². The molecule has 0 heterocycles. The second kappa shape index (κ2) is 5.72. The summed E-state index contributed by atoms with van der Waals surface area (Å²) in [5, 5.41) is 3.48. The summed E-state index contributed by atoms with van der Waals surface area (Å²) >= 11 is 0. The Kier molecular flexibility index (Phi) is 4.57. The van der Waals surface area contributed by atoms with Gasteiger partial charge in [0.25, 0.3) is 0 Å². The number of hydrogen-bond acceptors (Lipinski definition) is 1. The molecule has 0 fully saturated rings. The van der Waals surface area contributed by atoms with Gasteiger partial charge in [-0.15, -0.1) is 0 Å². The Morgan fingerprint density at radius 3 is 2.80 bits per heavy atom. The maximum Gasteiger partial charge on any atom is 0.0294 e. The Balaban J connectivity index is 2.53. The summed E-state index contributed by atoms with van der Waals surface area (Å²) < 4.78 is 0. The van der Waals surface area contributed by atoms with Crippen LogP contribution in [0.1, 0.15) is 37.4 Å². The summed E-state index contributed by atoms with van der Waals surface area (Å²) in [6.07, 6.45) is 1.05. The average molecular weight is 203 g/mol. The van der Waals surface area contributed by atoms with E-state index in [1.807, 2.05) is 0 Å². The first-order valence-corrected chi connectivity index (χ1v) is 5.60. The van der Waals surface area contributed by atoms with Crippen molar-refractivity contribution >= 4 is 0 Å². The van der Waals surface area contributed by atoms with Crippen molar-refractivity contribution in [3.8, 4) is 0 Å². The van der Waals surface area contributed by atoms with E-state index in [1.54, 1.807) is 0 Å². The largest absolute Gasteiger partial charge is 0.306 e. The van der Waals surface area contributed by atoms with Crippen molar-refractivity contribution in [3.05, 3.63) is 47.5 Å². The van der Waals surface area contributed by atoms with Crippen LogP contribution in [0.25, 0.3) is 0 Å². The number of hydrogen-bond donors (Lipinski definition) is 1. The highest BCUT2D eigenvalue weighted by Crippen LogP contribution is 2.13. The third-order valence-electron chi connectivity index (χ3n) is 2.70. The fraction of sp³-hybridized carbons (Fsp3) is 0.429. The highest BCUT2D eigenvalue weighted by molar-refractivity contribution is 5.24. The summed E-state index contributed by atoms with van der Waals surface area (Å²) in [5.74, 6) is 0. The summed E-state index contributed by atoms with van der Waals surface area (Å²) in [6.45, 7) is 11.4. The first-order valence-electron chi connectivity index (χ1n) is 5.60. The normalized spacial score (nSPS) is 12.5. The van der Waals surface area contributed by atoms with Gasteiger partial charge in [0.1, 0.15) is 0 Å². The van der Waals surface area contributed by atoms with E-state index in [1.165, 1.54) is 16.7 Å². The second-order valence-electron chi connectivity index (χ2n) is 4.12. The van der Waals surface area contributed by atoms with Gasteiger partial charge in [0, 0.05) is 12.6 Å². The van der Waals surface area contributed by atoms with Gasteiger partial charge in [-0.3, -0.25) is 0 Å². The summed E-state index contributed by atoms with van der Waals surface area (Å²) in [7, 11) is 0. The van der Waals surface area contributed by atoms with Gasteiger partial charge in [0.05, 0.1) is 0 Å². The summed E-state index contributed by atoms with van der Waals surface area (Å²) in [5.41, 5.74) is 3.92. The molecule has 82 valence electrons. The standard InChI is InChI=1S/C14H21N/c1-5-11(2)10-15-13(4)14-8-6-7-12(3)9-14/h6-9,13,15H,2,5,10H2,1,3-4H3/t13-/m1/s1. The van der Waals surface area contributed by atoms with Crippen molar-refractivity contribution in [2.75, 3.05) is 6.54 Å². The minimum absolute atomic E-state index is 0.396. The molecule has 0 aliphatic carbocycles. The van der Waals surface area contributed by atoms with Crippen LogP contribution in [0.15, 0.2) is 36.4 Å².